The van der Waals surface area contributed by atoms with E-state index in [1.807, 2.05) is 10.2 Å². The number of hydrogen-bond donors (Lipinski definition) is 1. The summed E-state index contributed by atoms with van der Waals surface area (Å²) in [5.74, 6) is -1.16. The number of carbonyl (C=O) groups excluding carboxylic acids is 1. The highest BCUT2D eigenvalue weighted by atomic mass is 35.5. The summed E-state index contributed by atoms with van der Waals surface area (Å²) in [6, 6.07) is 1.69. The van der Waals surface area contributed by atoms with E-state index < -0.39 is 29.3 Å². The highest BCUT2D eigenvalue weighted by Gasteiger charge is 2.36. The molecule has 2 heterocycles. The zero-order valence-electron chi connectivity index (χ0n) is 14.2. The number of aromatic nitrogens is 1. The van der Waals surface area contributed by atoms with E-state index in [0.29, 0.717) is 34.9 Å². The van der Waals surface area contributed by atoms with Crippen LogP contribution in [0.2, 0.25) is 10.0 Å². The molecule has 0 radical (unpaired) electrons. The molecule has 3 rings (SSSR count). The summed E-state index contributed by atoms with van der Waals surface area (Å²) in [5, 5.41) is 2.75. The second-order valence-corrected chi connectivity index (χ2v) is 6.83. The lowest BCUT2D eigenvalue weighted by molar-refractivity contribution is -0.137. The van der Waals surface area contributed by atoms with Gasteiger partial charge in [0.1, 0.15) is 5.82 Å². The van der Waals surface area contributed by atoms with Crippen molar-refractivity contribution in [3.63, 3.8) is 0 Å². The maximum absolute atomic E-state index is 13.9. The molecule has 0 bridgehead atoms. The van der Waals surface area contributed by atoms with Gasteiger partial charge in [-0.3, -0.25) is 4.98 Å². The maximum atomic E-state index is 13.9. The third kappa shape index (κ3) is 4.25. The van der Waals surface area contributed by atoms with E-state index in [2.05, 4.69) is 4.98 Å². The fourth-order valence-corrected chi connectivity index (χ4v) is 3.52. The van der Waals surface area contributed by atoms with Gasteiger partial charge in [-0.25, -0.2) is 9.18 Å². The summed E-state index contributed by atoms with van der Waals surface area (Å²) in [4.78, 5) is 19.4. The predicted octanol–water partition coefficient (Wildman–Crippen LogP) is 4.90. The summed E-state index contributed by atoms with van der Waals surface area (Å²) in [6.45, 7) is 1.08. The van der Waals surface area contributed by atoms with Crippen LogP contribution in [0, 0.1) is 5.82 Å². The molecular formula is C17H14Cl2F4N4O. The molecule has 1 aliphatic rings. The van der Waals surface area contributed by atoms with Gasteiger partial charge in [-0.05, 0) is 12.1 Å². The Morgan fingerprint density at radius 2 is 1.68 bits per heavy atom. The molecule has 1 aromatic carbocycles. The zero-order chi connectivity index (χ0) is 20.5. The smallest absolute Gasteiger partial charge is 0.365 e. The molecule has 11 heteroatoms. The first kappa shape index (κ1) is 20.5. The van der Waals surface area contributed by atoms with Crippen molar-refractivity contribution < 1.29 is 22.4 Å². The number of benzene rings is 1. The van der Waals surface area contributed by atoms with E-state index in [9.17, 15) is 22.4 Å². The fourth-order valence-electron chi connectivity index (χ4n) is 2.91. The first-order chi connectivity index (χ1) is 13.2. The average molecular weight is 437 g/mol. The van der Waals surface area contributed by atoms with Gasteiger partial charge >= 0.3 is 12.2 Å². The molecule has 1 N–H and O–H groups in total. The average Bonchev–Trinajstić information content (AvgIpc) is 2.63. The van der Waals surface area contributed by atoms with Gasteiger partial charge in [-0.1, -0.05) is 29.3 Å². The molecule has 1 aromatic heterocycles. The van der Waals surface area contributed by atoms with Crippen molar-refractivity contribution in [3.8, 4) is 0 Å². The Kier molecular flexibility index (Phi) is 5.85. The first-order valence-electron chi connectivity index (χ1n) is 8.14. The number of anilines is 2. The van der Waals surface area contributed by atoms with E-state index in [1.54, 1.807) is 0 Å². The van der Waals surface area contributed by atoms with Gasteiger partial charge in [0.15, 0.2) is 0 Å². The first-order valence-corrected chi connectivity index (χ1v) is 8.89. The molecule has 5 nitrogen and oxygen atoms in total. The molecule has 0 aliphatic carbocycles. The summed E-state index contributed by atoms with van der Waals surface area (Å²) in [5.41, 5.74) is -1.55. The van der Waals surface area contributed by atoms with Crippen molar-refractivity contribution in [3.05, 3.63) is 52.0 Å². The van der Waals surface area contributed by atoms with Crippen molar-refractivity contribution in [2.24, 2.45) is 0 Å². The molecule has 0 atom stereocenters. The van der Waals surface area contributed by atoms with Crippen LogP contribution in [0.3, 0.4) is 0 Å². The van der Waals surface area contributed by atoms with Gasteiger partial charge in [0.25, 0.3) is 0 Å². The minimum Gasteiger partial charge on any atom is -0.365 e. The molecular weight excluding hydrogens is 423 g/mol. The molecule has 0 saturated carbocycles. The minimum absolute atomic E-state index is 0.191. The Bertz CT molecular complexity index is 866. The number of urea groups is 1. The topological polar surface area (TPSA) is 48.5 Å². The van der Waals surface area contributed by atoms with Gasteiger partial charge in [0.2, 0.25) is 0 Å². The predicted molar refractivity (Wildman–Crippen MR) is 98.5 cm³/mol. The Balaban J connectivity index is 1.70. The van der Waals surface area contributed by atoms with Crippen molar-refractivity contribution in [1.29, 1.82) is 0 Å². The maximum Gasteiger partial charge on any atom is 0.418 e. The summed E-state index contributed by atoms with van der Waals surface area (Å²) < 4.78 is 53.1. The van der Waals surface area contributed by atoms with E-state index in [4.69, 9.17) is 23.2 Å². The molecule has 1 aliphatic heterocycles. The number of halogens is 6. The fraction of sp³-hybridized carbons (Fsp3) is 0.294. The Labute approximate surface area is 167 Å². The molecule has 2 amide bonds. The lowest BCUT2D eigenvalue weighted by atomic mass is 10.1. The summed E-state index contributed by atoms with van der Waals surface area (Å²) in [6.07, 6.45) is -1.91. The number of carbonyl (C=O) groups is 1. The van der Waals surface area contributed by atoms with Gasteiger partial charge in [-0.2, -0.15) is 13.2 Å². The van der Waals surface area contributed by atoms with Gasteiger partial charge in [0, 0.05) is 38.6 Å². The number of piperazine rings is 1. The zero-order valence-corrected chi connectivity index (χ0v) is 15.7. The number of alkyl halides is 3. The largest absolute Gasteiger partial charge is 0.418 e. The Morgan fingerprint density at radius 1 is 1.07 bits per heavy atom. The third-order valence-corrected chi connectivity index (χ3v) is 4.82. The summed E-state index contributed by atoms with van der Waals surface area (Å²) in [7, 11) is 0. The molecule has 0 unspecified atom stereocenters. The normalized spacial score (nSPS) is 14.9. The summed E-state index contributed by atoms with van der Waals surface area (Å²) >= 11 is 12.2. The van der Waals surface area contributed by atoms with E-state index in [0.717, 1.165) is 12.1 Å². The monoisotopic (exact) mass is 436 g/mol. The van der Waals surface area contributed by atoms with E-state index >= 15 is 0 Å². The van der Waals surface area contributed by atoms with E-state index in [1.165, 1.54) is 17.3 Å². The number of rotatable bonds is 2. The second kappa shape index (κ2) is 8.00. The molecule has 2 aromatic rings. The SMILES string of the molecule is O=C(Nc1c(F)cccc1C(F)(F)F)N1CCN(c2c(Cl)cncc2Cl)CC1. The number of nitrogens with one attached hydrogen (secondary N) is 1. The molecule has 1 fully saturated rings. The highest BCUT2D eigenvalue weighted by molar-refractivity contribution is 6.38. The van der Waals surface area contributed by atoms with Crippen LogP contribution in [0.25, 0.3) is 0 Å². The van der Waals surface area contributed by atoms with Crippen LogP contribution in [-0.2, 0) is 6.18 Å². The highest BCUT2D eigenvalue weighted by Crippen LogP contribution is 2.36. The van der Waals surface area contributed by atoms with Crippen LogP contribution in [-0.4, -0.2) is 42.1 Å². The van der Waals surface area contributed by atoms with Crippen LogP contribution in [0.1, 0.15) is 5.56 Å². The van der Waals surface area contributed by atoms with Gasteiger partial charge < -0.3 is 15.1 Å². The van der Waals surface area contributed by atoms with Crippen molar-refractivity contribution >= 4 is 40.6 Å². The van der Waals surface area contributed by atoms with Gasteiger partial charge in [0.05, 0.1) is 27.0 Å². The number of amides is 2. The molecule has 0 spiro atoms. The van der Waals surface area contributed by atoms with Crippen LogP contribution in [0.4, 0.5) is 33.7 Å². The van der Waals surface area contributed by atoms with Crippen LogP contribution < -0.4 is 10.2 Å². The Hall–Kier alpha value is -2.26. The Morgan fingerprint density at radius 3 is 2.25 bits per heavy atom. The molecule has 28 heavy (non-hydrogen) atoms. The quantitative estimate of drug-likeness (QED) is 0.681. The molecule has 1 saturated heterocycles. The lowest BCUT2D eigenvalue weighted by Crippen LogP contribution is -2.50. The van der Waals surface area contributed by atoms with Crippen molar-refractivity contribution in [2.45, 2.75) is 6.18 Å². The number of pyridine rings is 1. The van der Waals surface area contributed by atoms with Crippen molar-refractivity contribution in [1.82, 2.24) is 9.88 Å². The van der Waals surface area contributed by atoms with Crippen molar-refractivity contribution in [2.75, 3.05) is 36.4 Å². The number of hydrogen-bond acceptors (Lipinski definition) is 3. The lowest BCUT2D eigenvalue weighted by Gasteiger charge is -2.36. The second-order valence-electron chi connectivity index (χ2n) is 6.02. The standard InChI is InChI=1S/C17H14Cl2F4N4O/c18-11-8-24-9-12(19)15(11)26-4-6-27(7-5-26)16(28)25-14-10(17(21,22)23)2-1-3-13(14)20/h1-3,8-9H,4-7H2,(H,25,28). The third-order valence-electron chi connectivity index (χ3n) is 4.26. The molecule has 150 valence electrons. The van der Waals surface area contributed by atoms with Gasteiger partial charge in [-0.15, -0.1) is 0 Å². The van der Waals surface area contributed by atoms with Crippen LogP contribution in [0.5, 0.6) is 0 Å². The number of para-hydroxylation sites is 1. The minimum atomic E-state index is -4.79. The van der Waals surface area contributed by atoms with E-state index in [-0.39, 0.29) is 13.1 Å². The number of nitrogens with zero attached hydrogens (tertiary/aromatic N) is 3. The van der Waals surface area contributed by atoms with Crippen LogP contribution in [0.15, 0.2) is 30.6 Å². The van der Waals surface area contributed by atoms with Crippen LogP contribution >= 0.6 is 23.2 Å².